The monoisotopic (exact) mass is 190 g/mol. The molecule has 0 atom stereocenters. The van der Waals surface area contributed by atoms with Crippen LogP contribution in [-0.4, -0.2) is 17.5 Å². The summed E-state index contributed by atoms with van der Waals surface area (Å²) in [5.74, 6) is -1.20. The fourth-order valence-corrected chi connectivity index (χ4v) is 0.922. The van der Waals surface area contributed by atoms with Crippen molar-refractivity contribution in [3.8, 4) is 0 Å². The molecule has 71 valence electrons. The van der Waals surface area contributed by atoms with Gasteiger partial charge >= 0.3 is 12.4 Å². The highest BCUT2D eigenvalue weighted by Gasteiger charge is 2.05. The molecule has 14 heavy (non-hydrogen) atoms. The van der Waals surface area contributed by atoms with Gasteiger partial charge in [0, 0.05) is 0 Å². The van der Waals surface area contributed by atoms with Crippen LogP contribution in [0.3, 0.4) is 0 Å². The summed E-state index contributed by atoms with van der Waals surface area (Å²) in [6.07, 6.45) is 2.67. The van der Waals surface area contributed by atoms with Gasteiger partial charge in [0.1, 0.15) is 5.70 Å². The molecule has 0 aliphatic carbocycles. The quantitative estimate of drug-likeness (QED) is 0.544. The van der Waals surface area contributed by atoms with Crippen LogP contribution in [0.5, 0.6) is 0 Å². The number of hydrogen-bond acceptors (Lipinski definition) is 2. The van der Waals surface area contributed by atoms with Gasteiger partial charge in [-0.3, -0.25) is 4.79 Å². The van der Waals surface area contributed by atoms with Crippen molar-refractivity contribution < 1.29 is 14.7 Å². The number of hydrogen-bond donors (Lipinski definition) is 2. The van der Waals surface area contributed by atoms with Crippen LogP contribution in [0.1, 0.15) is 5.56 Å². The fraction of sp³-hybridized carbons (Fsp3) is 0. The molecule has 0 aliphatic rings. The normalized spacial score (nSPS) is 10.7. The van der Waals surface area contributed by atoms with Gasteiger partial charge in [-0.2, -0.15) is 0 Å². The smallest absolute Gasteiger partial charge is 0.352 e. The standard InChI is InChI=1S/C10H8NO3/c12-7-11-9(10(13)14)6-8-4-2-1-3-5-8/h1-6H,(H,11,12)(H,13,14). The first-order valence-electron chi connectivity index (χ1n) is 3.87. The van der Waals surface area contributed by atoms with Gasteiger partial charge in [0.25, 0.3) is 0 Å². The molecule has 0 heterocycles. The number of carbonyl (C=O) groups is 1. The van der Waals surface area contributed by atoms with E-state index in [0.29, 0.717) is 5.56 Å². The van der Waals surface area contributed by atoms with Crippen LogP contribution in [0.2, 0.25) is 0 Å². The Morgan fingerprint density at radius 2 is 2.00 bits per heavy atom. The molecule has 1 radical (unpaired) electrons. The molecule has 1 aromatic rings. The highest BCUT2D eigenvalue weighted by atomic mass is 16.4. The Balaban J connectivity index is 2.93. The number of rotatable bonds is 4. The van der Waals surface area contributed by atoms with Crippen molar-refractivity contribution in [1.29, 1.82) is 0 Å². The molecule has 0 unspecified atom stereocenters. The van der Waals surface area contributed by atoms with Gasteiger partial charge < -0.3 is 10.4 Å². The second-order valence-electron chi connectivity index (χ2n) is 2.50. The number of carboxylic acid groups (broad SMARTS) is 1. The molecule has 1 aromatic carbocycles. The molecule has 0 aliphatic heterocycles. The molecule has 0 aromatic heterocycles. The highest BCUT2D eigenvalue weighted by Crippen LogP contribution is 2.04. The summed E-state index contributed by atoms with van der Waals surface area (Å²) < 4.78 is 0. The van der Waals surface area contributed by atoms with E-state index < -0.39 is 5.97 Å². The Labute approximate surface area is 80.9 Å². The first-order chi connectivity index (χ1) is 6.74. The maximum atomic E-state index is 10.6. The van der Waals surface area contributed by atoms with E-state index >= 15 is 0 Å². The molecular formula is C10H8NO3. The molecular weight excluding hydrogens is 182 g/mol. The van der Waals surface area contributed by atoms with Crippen molar-refractivity contribution in [3.05, 3.63) is 41.6 Å². The van der Waals surface area contributed by atoms with Crippen LogP contribution in [0.4, 0.5) is 0 Å². The average molecular weight is 190 g/mol. The summed E-state index contributed by atoms with van der Waals surface area (Å²) in [7, 11) is 0. The fourth-order valence-electron chi connectivity index (χ4n) is 0.922. The van der Waals surface area contributed by atoms with Crippen molar-refractivity contribution in [3.63, 3.8) is 0 Å². The summed E-state index contributed by atoms with van der Waals surface area (Å²) in [6, 6.07) is 8.83. The highest BCUT2D eigenvalue weighted by molar-refractivity contribution is 5.93. The van der Waals surface area contributed by atoms with Gasteiger partial charge in [0.15, 0.2) is 0 Å². The second-order valence-corrected chi connectivity index (χ2v) is 2.50. The molecule has 4 nitrogen and oxygen atoms in total. The number of aliphatic carboxylic acids is 1. The van der Waals surface area contributed by atoms with Crippen LogP contribution in [0.15, 0.2) is 36.0 Å². The minimum Gasteiger partial charge on any atom is -0.477 e. The van der Waals surface area contributed by atoms with Crippen LogP contribution in [0, 0.1) is 0 Å². The predicted molar refractivity (Wildman–Crippen MR) is 50.9 cm³/mol. The van der Waals surface area contributed by atoms with E-state index in [4.69, 9.17) is 5.11 Å². The van der Waals surface area contributed by atoms with Gasteiger partial charge in [-0.1, -0.05) is 30.3 Å². The molecule has 2 N–H and O–H groups in total. The Bertz CT molecular complexity index is 357. The Hall–Kier alpha value is -2.10. The van der Waals surface area contributed by atoms with Gasteiger partial charge in [-0.05, 0) is 11.6 Å². The zero-order valence-electron chi connectivity index (χ0n) is 7.23. The van der Waals surface area contributed by atoms with Crippen molar-refractivity contribution >= 4 is 18.5 Å². The van der Waals surface area contributed by atoms with E-state index in [1.165, 1.54) is 12.5 Å². The van der Waals surface area contributed by atoms with Crippen LogP contribution in [0.25, 0.3) is 6.08 Å². The Morgan fingerprint density at radius 3 is 2.50 bits per heavy atom. The Morgan fingerprint density at radius 1 is 1.36 bits per heavy atom. The third kappa shape index (κ3) is 2.75. The number of carbonyl (C=O) groups excluding carboxylic acids is 1. The third-order valence-corrected chi connectivity index (χ3v) is 1.53. The lowest BCUT2D eigenvalue weighted by molar-refractivity contribution is -0.132. The van der Waals surface area contributed by atoms with E-state index in [9.17, 15) is 9.59 Å². The lowest BCUT2D eigenvalue weighted by atomic mass is 10.2. The van der Waals surface area contributed by atoms with Gasteiger partial charge in [-0.25, -0.2) is 4.79 Å². The summed E-state index contributed by atoms with van der Waals surface area (Å²) in [4.78, 5) is 20.6. The first kappa shape index (κ1) is 9.98. The zero-order valence-corrected chi connectivity index (χ0v) is 7.23. The van der Waals surface area contributed by atoms with Crippen LogP contribution in [-0.2, 0) is 9.59 Å². The molecule has 0 spiro atoms. The number of nitrogens with one attached hydrogen (secondary N) is 1. The molecule has 0 bridgehead atoms. The van der Waals surface area contributed by atoms with E-state index in [0.717, 1.165) is 0 Å². The Kier molecular flexibility index (Phi) is 3.43. The minimum atomic E-state index is -1.20. The molecule has 1 rings (SSSR count). The lowest BCUT2D eigenvalue weighted by Crippen LogP contribution is -2.17. The average Bonchev–Trinajstić information content (AvgIpc) is 2.18. The lowest BCUT2D eigenvalue weighted by Gasteiger charge is -1.98. The van der Waals surface area contributed by atoms with E-state index in [2.05, 4.69) is 0 Å². The van der Waals surface area contributed by atoms with E-state index in [1.807, 2.05) is 11.4 Å². The second kappa shape index (κ2) is 4.81. The number of carboxylic acids is 1. The summed E-state index contributed by atoms with van der Waals surface area (Å²) >= 11 is 0. The molecule has 0 fully saturated rings. The zero-order chi connectivity index (χ0) is 10.4. The van der Waals surface area contributed by atoms with Crippen molar-refractivity contribution in [2.45, 2.75) is 0 Å². The summed E-state index contributed by atoms with van der Waals surface area (Å²) in [5.41, 5.74) is 0.499. The van der Waals surface area contributed by atoms with Gasteiger partial charge in [-0.15, -0.1) is 0 Å². The third-order valence-electron chi connectivity index (χ3n) is 1.53. The summed E-state index contributed by atoms with van der Waals surface area (Å²) in [6.45, 7) is 0. The summed E-state index contributed by atoms with van der Waals surface area (Å²) in [5, 5.41) is 10.6. The minimum absolute atomic E-state index is 0.203. The van der Waals surface area contributed by atoms with Gasteiger partial charge in [0.2, 0.25) is 0 Å². The topological polar surface area (TPSA) is 66.4 Å². The molecule has 1 amide bonds. The van der Waals surface area contributed by atoms with Gasteiger partial charge in [0.05, 0.1) is 0 Å². The molecule has 0 saturated heterocycles. The van der Waals surface area contributed by atoms with Crippen LogP contribution < -0.4 is 5.32 Å². The van der Waals surface area contributed by atoms with E-state index in [-0.39, 0.29) is 5.70 Å². The largest absolute Gasteiger partial charge is 0.477 e. The maximum Gasteiger partial charge on any atom is 0.352 e. The van der Waals surface area contributed by atoms with Crippen LogP contribution >= 0.6 is 0 Å². The van der Waals surface area contributed by atoms with Crippen molar-refractivity contribution in [2.75, 3.05) is 0 Å². The molecule has 4 heteroatoms. The van der Waals surface area contributed by atoms with Crippen molar-refractivity contribution in [1.82, 2.24) is 5.32 Å². The van der Waals surface area contributed by atoms with Crippen molar-refractivity contribution in [2.24, 2.45) is 0 Å². The number of amides is 1. The molecule has 0 saturated carbocycles. The first-order valence-corrected chi connectivity index (χ1v) is 3.87. The van der Waals surface area contributed by atoms with E-state index in [1.54, 1.807) is 24.3 Å². The maximum absolute atomic E-state index is 10.6. The SMILES string of the molecule is O=[C]NC(=Cc1ccccc1)C(=O)O. The predicted octanol–water partition coefficient (Wildman–Crippen LogP) is 0.769. The number of benzene rings is 1.